The Morgan fingerprint density at radius 1 is 1.52 bits per heavy atom. The molecule has 1 saturated heterocycles. The van der Waals surface area contributed by atoms with Crippen LogP contribution in [0.25, 0.3) is 10.9 Å². The number of ether oxygens (including phenoxy) is 1. The number of benzene rings is 1. The SMILES string of the molecule is CC1(O)CCOCC1NC(Cc1cc2ccccc2[nH]1)C(=O)O. The molecule has 1 aliphatic rings. The number of aromatic nitrogens is 1. The van der Waals surface area contributed by atoms with Gasteiger partial charge < -0.3 is 19.9 Å². The van der Waals surface area contributed by atoms with Crippen molar-refractivity contribution in [2.24, 2.45) is 0 Å². The molecule has 0 saturated carbocycles. The summed E-state index contributed by atoms with van der Waals surface area (Å²) in [5.41, 5.74) is 0.869. The first-order chi connectivity index (χ1) is 11.0. The van der Waals surface area contributed by atoms with Gasteiger partial charge in [0.25, 0.3) is 0 Å². The largest absolute Gasteiger partial charge is 0.480 e. The van der Waals surface area contributed by atoms with Gasteiger partial charge in [-0.05, 0) is 24.4 Å². The van der Waals surface area contributed by atoms with E-state index in [9.17, 15) is 15.0 Å². The maximum absolute atomic E-state index is 11.6. The molecule has 6 nitrogen and oxygen atoms in total. The van der Waals surface area contributed by atoms with Crippen molar-refractivity contribution in [3.05, 3.63) is 36.0 Å². The number of carbonyl (C=O) groups is 1. The van der Waals surface area contributed by atoms with Crippen LogP contribution in [-0.2, 0) is 16.0 Å². The summed E-state index contributed by atoms with van der Waals surface area (Å²) in [6.45, 7) is 2.52. The lowest BCUT2D eigenvalue weighted by Gasteiger charge is -2.38. The van der Waals surface area contributed by atoms with E-state index in [2.05, 4.69) is 10.3 Å². The zero-order valence-corrected chi connectivity index (χ0v) is 13.1. The number of carboxylic acid groups (broad SMARTS) is 1. The van der Waals surface area contributed by atoms with E-state index in [1.165, 1.54) is 0 Å². The minimum atomic E-state index is -0.966. The Morgan fingerprint density at radius 2 is 2.30 bits per heavy atom. The van der Waals surface area contributed by atoms with Crippen molar-refractivity contribution in [1.82, 2.24) is 10.3 Å². The molecule has 2 aromatic rings. The van der Waals surface area contributed by atoms with Gasteiger partial charge in [-0.1, -0.05) is 18.2 Å². The fourth-order valence-electron chi connectivity index (χ4n) is 2.99. The molecule has 0 amide bonds. The normalized spacial score (nSPS) is 26.3. The van der Waals surface area contributed by atoms with Crippen LogP contribution in [0.5, 0.6) is 0 Å². The minimum absolute atomic E-state index is 0.309. The van der Waals surface area contributed by atoms with Crippen molar-refractivity contribution in [1.29, 1.82) is 0 Å². The van der Waals surface area contributed by atoms with Crippen molar-refractivity contribution in [3.8, 4) is 0 Å². The lowest BCUT2D eigenvalue weighted by Crippen LogP contribution is -2.59. The summed E-state index contributed by atoms with van der Waals surface area (Å²) in [5, 5.41) is 24.0. The predicted molar refractivity (Wildman–Crippen MR) is 86.4 cm³/mol. The zero-order chi connectivity index (χ0) is 16.4. The van der Waals surface area contributed by atoms with Crippen LogP contribution >= 0.6 is 0 Å². The number of aliphatic carboxylic acids is 1. The van der Waals surface area contributed by atoms with Gasteiger partial charge in [-0.15, -0.1) is 0 Å². The molecule has 6 heteroatoms. The average molecular weight is 318 g/mol. The van der Waals surface area contributed by atoms with Gasteiger partial charge in [-0.2, -0.15) is 0 Å². The van der Waals surface area contributed by atoms with E-state index >= 15 is 0 Å². The number of fused-ring (bicyclic) bond motifs is 1. The van der Waals surface area contributed by atoms with Crippen LogP contribution in [0.4, 0.5) is 0 Å². The van der Waals surface area contributed by atoms with E-state index in [0.717, 1.165) is 16.6 Å². The van der Waals surface area contributed by atoms with Gasteiger partial charge in [0.15, 0.2) is 0 Å². The number of hydrogen-bond acceptors (Lipinski definition) is 4. The smallest absolute Gasteiger partial charge is 0.321 e. The number of para-hydroxylation sites is 1. The Kier molecular flexibility index (Phi) is 4.39. The summed E-state index contributed by atoms with van der Waals surface area (Å²) in [7, 11) is 0. The van der Waals surface area contributed by atoms with Crippen molar-refractivity contribution in [2.75, 3.05) is 13.2 Å². The lowest BCUT2D eigenvalue weighted by atomic mass is 9.90. The second-order valence-corrected chi connectivity index (χ2v) is 6.38. The van der Waals surface area contributed by atoms with E-state index in [-0.39, 0.29) is 0 Å². The van der Waals surface area contributed by atoms with Crippen molar-refractivity contribution >= 4 is 16.9 Å². The van der Waals surface area contributed by atoms with Gasteiger partial charge >= 0.3 is 5.97 Å². The van der Waals surface area contributed by atoms with E-state index < -0.39 is 23.7 Å². The molecular weight excluding hydrogens is 296 g/mol. The Bertz CT molecular complexity index is 662. The van der Waals surface area contributed by atoms with Crippen LogP contribution in [0.1, 0.15) is 19.0 Å². The Balaban J connectivity index is 1.75. The first-order valence-corrected chi connectivity index (χ1v) is 7.81. The maximum Gasteiger partial charge on any atom is 0.321 e. The molecule has 3 atom stereocenters. The van der Waals surface area contributed by atoms with Crippen LogP contribution in [0, 0.1) is 0 Å². The number of rotatable bonds is 5. The molecule has 4 N–H and O–H groups in total. The summed E-state index contributed by atoms with van der Waals surface area (Å²) < 4.78 is 5.37. The molecular formula is C17H22N2O4. The molecule has 0 aliphatic carbocycles. The van der Waals surface area contributed by atoms with Gasteiger partial charge in [0.1, 0.15) is 6.04 Å². The monoisotopic (exact) mass is 318 g/mol. The van der Waals surface area contributed by atoms with E-state index in [0.29, 0.717) is 26.1 Å². The van der Waals surface area contributed by atoms with E-state index in [1.807, 2.05) is 30.3 Å². The standard InChI is InChI=1S/C17H22N2O4/c1-17(22)6-7-23-10-15(17)19-14(16(20)21)9-12-8-11-4-2-3-5-13(11)18-12/h2-5,8,14-15,18-19,22H,6-7,9-10H2,1H3,(H,20,21). The molecule has 23 heavy (non-hydrogen) atoms. The molecule has 124 valence electrons. The van der Waals surface area contributed by atoms with Crippen LogP contribution in [-0.4, -0.2) is 52.1 Å². The second-order valence-electron chi connectivity index (χ2n) is 6.38. The van der Waals surface area contributed by atoms with Crippen molar-refractivity contribution in [3.63, 3.8) is 0 Å². The number of aromatic amines is 1. The Labute approximate surface area is 134 Å². The van der Waals surface area contributed by atoms with Gasteiger partial charge in [0, 0.05) is 30.7 Å². The first kappa shape index (κ1) is 16.0. The fraction of sp³-hybridized carbons (Fsp3) is 0.471. The average Bonchev–Trinajstić information content (AvgIpc) is 2.90. The van der Waals surface area contributed by atoms with E-state index in [4.69, 9.17) is 4.74 Å². The number of aliphatic hydroxyl groups is 1. The van der Waals surface area contributed by atoms with E-state index in [1.54, 1.807) is 6.92 Å². The summed E-state index contributed by atoms with van der Waals surface area (Å²) in [5.74, 6) is -0.940. The molecule has 1 fully saturated rings. The van der Waals surface area contributed by atoms with Gasteiger partial charge in [0.2, 0.25) is 0 Å². The first-order valence-electron chi connectivity index (χ1n) is 7.81. The Hall–Kier alpha value is -1.89. The van der Waals surface area contributed by atoms with Crippen molar-refractivity contribution < 1.29 is 19.7 Å². The molecule has 1 aromatic carbocycles. The minimum Gasteiger partial charge on any atom is -0.480 e. The molecule has 1 aliphatic heterocycles. The summed E-state index contributed by atoms with van der Waals surface area (Å²) in [4.78, 5) is 14.8. The third-order valence-electron chi connectivity index (χ3n) is 4.50. The molecule has 1 aromatic heterocycles. The summed E-state index contributed by atoms with van der Waals surface area (Å²) >= 11 is 0. The molecule has 0 spiro atoms. The van der Waals surface area contributed by atoms with Crippen molar-refractivity contribution in [2.45, 2.75) is 37.5 Å². The maximum atomic E-state index is 11.6. The van der Waals surface area contributed by atoms with Gasteiger partial charge in [-0.3, -0.25) is 10.1 Å². The third-order valence-corrected chi connectivity index (χ3v) is 4.50. The highest BCUT2D eigenvalue weighted by Crippen LogP contribution is 2.21. The molecule has 0 radical (unpaired) electrons. The number of hydrogen-bond donors (Lipinski definition) is 4. The molecule has 3 unspecified atom stereocenters. The lowest BCUT2D eigenvalue weighted by molar-refractivity contribution is -0.141. The van der Waals surface area contributed by atoms with Crippen LogP contribution in [0.15, 0.2) is 30.3 Å². The molecule has 2 heterocycles. The van der Waals surface area contributed by atoms with Crippen LogP contribution in [0.3, 0.4) is 0 Å². The highest BCUT2D eigenvalue weighted by Gasteiger charge is 2.37. The third kappa shape index (κ3) is 3.55. The number of H-pyrrole nitrogens is 1. The topological polar surface area (TPSA) is 94.6 Å². The van der Waals surface area contributed by atoms with Crippen LogP contribution < -0.4 is 5.32 Å². The quantitative estimate of drug-likeness (QED) is 0.666. The predicted octanol–water partition coefficient (Wildman–Crippen LogP) is 1.29. The molecule has 0 bridgehead atoms. The second kappa shape index (κ2) is 6.31. The number of nitrogens with one attached hydrogen (secondary N) is 2. The van der Waals surface area contributed by atoms with Gasteiger partial charge in [0.05, 0.1) is 18.2 Å². The fourth-order valence-corrected chi connectivity index (χ4v) is 2.99. The molecule has 3 rings (SSSR count). The van der Waals surface area contributed by atoms with Crippen LogP contribution in [0.2, 0.25) is 0 Å². The zero-order valence-electron chi connectivity index (χ0n) is 13.1. The Morgan fingerprint density at radius 3 is 3.00 bits per heavy atom. The number of carboxylic acids is 1. The summed E-state index contributed by atoms with van der Waals surface area (Å²) in [6, 6.07) is 8.60. The summed E-state index contributed by atoms with van der Waals surface area (Å²) in [6.07, 6.45) is 0.806. The highest BCUT2D eigenvalue weighted by molar-refractivity contribution is 5.81. The van der Waals surface area contributed by atoms with Gasteiger partial charge in [-0.25, -0.2) is 0 Å². The highest BCUT2D eigenvalue weighted by atomic mass is 16.5.